The molecule has 7 heteroatoms. The molecular weight excluding hydrogens is 500 g/mol. The lowest BCUT2D eigenvalue weighted by Crippen LogP contribution is -2.40. The van der Waals surface area contributed by atoms with Crippen molar-refractivity contribution in [3.8, 4) is 0 Å². The van der Waals surface area contributed by atoms with Crippen molar-refractivity contribution in [2.75, 3.05) is 5.33 Å². The molecule has 0 radical (unpaired) electrons. The van der Waals surface area contributed by atoms with E-state index in [0.717, 1.165) is 16.7 Å². The maximum Gasteiger partial charge on any atom is 0.350 e. The highest BCUT2D eigenvalue weighted by Gasteiger charge is 2.52. The Bertz CT molecular complexity index is 1060. The second-order valence-electron chi connectivity index (χ2n) is 7.83. The molecule has 1 aliphatic heterocycles. The van der Waals surface area contributed by atoms with E-state index in [9.17, 15) is 9.59 Å². The Balaban J connectivity index is 1.61. The number of esters is 2. The van der Waals surface area contributed by atoms with Gasteiger partial charge in [-0.1, -0.05) is 107 Å². The van der Waals surface area contributed by atoms with E-state index in [1.807, 2.05) is 91.0 Å². The summed E-state index contributed by atoms with van der Waals surface area (Å²) in [5.41, 5.74) is 2.74. The lowest BCUT2D eigenvalue weighted by molar-refractivity contribution is -0.162. The number of cyclic esters (lactones) is 1. The van der Waals surface area contributed by atoms with E-state index in [0.29, 0.717) is 6.61 Å². The zero-order valence-corrected chi connectivity index (χ0v) is 20.0. The predicted molar refractivity (Wildman–Crippen MR) is 129 cm³/mol. The number of benzene rings is 3. The molecule has 0 aromatic heterocycles. The summed E-state index contributed by atoms with van der Waals surface area (Å²) in [6.07, 6.45) is -3.48. The average Bonchev–Trinajstić information content (AvgIpc) is 3.19. The molecule has 0 unspecified atom stereocenters. The number of hydrogen-bond acceptors (Lipinski definition) is 6. The Hall–Kier alpha value is -3.00. The monoisotopic (exact) mass is 524 g/mol. The van der Waals surface area contributed by atoms with Crippen LogP contribution in [0.15, 0.2) is 91.0 Å². The third kappa shape index (κ3) is 6.11. The molecule has 4 atom stereocenters. The Morgan fingerprint density at radius 3 is 2.00 bits per heavy atom. The van der Waals surface area contributed by atoms with Crippen LogP contribution in [0.4, 0.5) is 0 Å². The van der Waals surface area contributed by atoms with Crippen molar-refractivity contribution in [2.45, 2.75) is 37.6 Å². The van der Waals surface area contributed by atoms with Crippen LogP contribution in [-0.4, -0.2) is 35.6 Å². The molecule has 3 aromatic carbocycles. The molecule has 1 saturated heterocycles. The molecule has 6 nitrogen and oxygen atoms in total. The summed E-state index contributed by atoms with van der Waals surface area (Å²) in [4.78, 5) is 24.8. The molecule has 1 heterocycles. The standard InChI is InChI=1S/C27H25BrO6/c28-16-22(29)33-26-24(32-18-20-12-6-2-7-13-20)25(34-27(26)30)23(21-14-8-3-9-15-21)31-17-19-10-4-1-5-11-19/h1-15,23-26H,16-18H2/t23-,24+,25-,26-/m1/s1. The second kappa shape index (κ2) is 11.9. The molecule has 0 aliphatic carbocycles. The van der Waals surface area contributed by atoms with Gasteiger partial charge in [-0.15, -0.1) is 0 Å². The maximum absolute atomic E-state index is 12.8. The van der Waals surface area contributed by atoms with Crippen LogP contribution in [0, 0.1) is 0 Å². The normalized spacial score (nSPS) is 20.5. The van der Waals surface area contributed by atoms with Crippen molar-refractivity contribution in [2.24, 2.45) is 0 Å². The highest BCUT2D eigenvalue weighted by molar-refractivity contribution is 9.09. The third-order valence-electron chi connectivity index (χ3n) is 5.46. The van der Waals surface area contributed by atoms with Crippen molar-refractivity contribution >= 4 is 27.9 Å². The fraction of sp³-hybridized carbons (Fsp3) is 0.259. The lowest BCUT2D eigenvalue weighted by Gasteiger charge is -2.28. The Kier molecular flexibility index (Phi) is 8.46. The first-order chi connectivity index (χ1) is 16.7. The molecule has 0 spiro atoms. The fourth-order valence-corrected chi connectivity index (χ4v) is 3.96. The number of carbonyl (C=O) groups is 2. The molecule has 4 rings (SSSR count). The molecule has 0 saturated carbocycles. The number of halogens is 1. The van der Waals surface area contributed by atoms with E-state index in [1.54, 1.807) is 0 Å². The summed E-state index contributed by atoms with van der Waals surface area (Å²) in [7, 11) is 0. The van der Waals surface area contributed by atoms with Crippen LogP contribution in [0.25, 0.3) is 0 Å². The number of ether oxygens (including phenoxy) is 4. The van der Waals surface area contributed by atoms with Gasteiger partial charge in [0.2, 0.25) is 6.10 Å². The fourth-order valence-electron chi connectivity index (χ4n) is 3.83. The smallest absolute Gasteiger partial charge is 0.350 e. The molecule has 3 aromatic rings. The van der Waals surface area contributed by atoms with Gasteiger partial charge in [0, 0.05) is 0 Å². The van der Waals surface area contributed by atoms with Crippen LogP contribution in [0.3, 0.4) is 0 Å². The summed E-state index contributed by atoms with van der Waals surface area (Å²) in [6.45, 7) is 0.535. The van der Waals surface area contributed by atoms with Gasteiger partial charge in [0.05, 0.1) is 13.2 Å². The molecule has 176 valence electrons. The van der Waals surface area contributed by atoms with Gasteiger partial charge in [0.15, 0.2) is 6.10 Å². The average molecular weight is 525 g/mol. The van der Waals surface area contributed by atoms with Crippen LogP contribution in [0.1, 0.15) is 22.8 Å². The van der Waals surface area contributed by atoms with Gasteiger partial charge in [-0.3, -0.25) is 4.79 Å². The van der Waals surface area contributed by atoms with Gasteiger partial charge < -0.3 is 18.9 Å². The van der Waals surface area contributed by atoms with Gasteiger partial charge >= 0.3 is 11.9 Å². The molecule has 0 amide bonds. The number of rotatable bonds is 10. The van der Waals surface area contributed by atoms with E-state index in [1.165, 1.54) is 0 Å². The van der Waals surface area contributed by atoms with Gasteiger partial charge in [-0.25, -0.2) is 4.79 Å². The topological polar surface area (TPSA) is 71.1 Å². The highest BCUT2D eigenvalue weighted by atomic mass is 79.9. The molecule has 1 fully saturated rings. The Labute approximate surface area is 206 Å². The van der Waals surface area contributed by atoms with Crippen LogP contribution < -0.4 is 0 Å². The number of carbonyl (C=O) groups excluding carboxylic acids is 2. The minimum absolute atomic E-state index is 0.0422. The van der Waals surface area contributed by atoms with E-state index in [2.05, 4.69) is 15.9 Å². The van der Waals surface area contributed by atoms with Crippen molar-refractivity contribution in [1.29, 1.82) is 0 Å². The molecule has 0 bridgehead atoms. The van der Waals surface area contributed by atoms with Crippen LogP contribution in [0.2, 0.25) is 0 Å². The second-order valence-corrected chi connectivity index (χ2v) is 8.40. The lowest BCUT2D eigenvalue weighted by atomic mass is 9.98. The summed E-state index contributed by atoms with van der Waals surface area (Å²) >= 11 is 3.08. The largest absolute Gasteiger partial charge is 0.453 e. The van der Waals surface area contributed by atoms with Crippen LogP contribution in [-0.2, 0) is 41.8 Å². The maximum atomic E-state index is 12.8. The van der Waals surface area contributed by atoms with E-state index >= 15 is 0 Å². The van der Waals surface area contributed by atoms with Gasteiger partial charge in [-0.2, -0.15) is 0 Å². The van der Waals surface area contributed by atoms with Crippen molar-refractivity contribution in [3.05, 3.63) is 108 Å². The van der Waals surface area contributed by atoms with Crippen LogP contribution >= 0.6 is 15.9 Å². The first-order valence-corrected chi connectivity index (χ1v) is 12.1. The minimum Gasteiger partial charge on any atom is -0.453 e. The molecular formula is C27H25BrO6. The number of hydrogen-bond donors (Lipinski definition) is 0. The first kappa shape index (κ1) is 24.1. The zero-order chi connectivity index (χ0) is 23.8. The Morgan fingerprint density at radius 1 is 0.853 bits per heavy atom. The summed E-state index contributed by atoms with van der Waals surface area (Å²) < 4.78 is 23.6. The molecule has 0 N–H and O–H groups in total. The van der Waals surface area contributed by atoms with Gasteiger partial charge in [-0.05, 0) is 16.7 Å². The molecule has 34 heavy (non-hydrogen) atoms. The summed E-state index contributed by atoms with van der Waals surface area (Å²) in [5, 5.41) is -0.0422. The predicted octanol–water partition coefficient (Wildman–Crippen LogP) is 4.76. The zero-order valence-electron chi connectivity index (χ0n) is 18.4. The quantitative estimate of drug-likeness (QED) is 0.281. The number of alkyl halides is 1. The van der Waals surface area contributed by atoms with E-state index in [4.69, 9.17) is 18.9 Å². The van der Waals surface area contributed by atoms with Crippen molar-refractivity contribution < 1.29 is 28.5 Å². The van der Waals surface area contributed by atoms with Gasteiger partial charge in [0.25, 0.3) is 0 Å². The molecule has 1 aliphatic rings. The third-order valence-corrected chi connectivity index (χ3v) is 5.92. The van der Waals surface area contributed by atoms with E-state index < -0.39 is 36.4 Å². The van der Waals surface area contributed by atoms with Crippen molar-refractivity contribution in [1.82, 2.24) is 0 Å². The summed E-state index contributed by atoms with van der Waals surface area (Å²) in [5.74, 6) is -1.22. The van der Waals surface area contributed by atoms with Gasteiger partial charge in [0.1, 0.15) is 17.5 Å². The minimum atomic E-state index is -1.19. The highest BCUT2D eigenvalue weighted by Crippen LogP contribution is 2.35. The van der Waals surface area contributed by atoms with Crippen LogP contribution in [0.5, 0.6) is 0 Å². The first-order valence-electron chi connectivity index (χ1n) is 11.0. The SMILES string of the molecule is O=C(CBr)O[C@H]1C(=O)O[C@H]([C@H](OCc2ccccc2)c2ccccc2)[C@@H]1OCc1ccccc1. The van der Waals surface area contributed by atoms with E-state index in [-0.39, 0.29) is 11.9 Å². The Morgan fingerprint density at radius 2 is 1.41 bits per heavy atom. The van der Waals surface area contributed by atoms with Crippen molar-refractivity contribution in [3.63, 3.8) is 0 Å². The summed E-state index contributed by atoms with van der Waals surface area (Å²) in [6, 6.07) is 28.8.